The van der Waals surface area contributed by atoms with Crippen LogP contribution in [0.25, 0.3) is 5.69 Å². The van der Waals surface area contributed by atoms with Gasteiger partial charge in [0.1, 0.15) is 12.3 Å². The first kappa shape index (κ1) is 18.4. The van der Waals surface area contributed by atoms with Gasteiger partial charge in [-0.2, -0.15) is 13.2 Å². The third kappa shape index (κ3) is 3.59. The summed E-state index contributed by atoms with van der Waals surface area (Å²) in [6, 6.07) is 4.52. The van der Waals surface area contributed by atoms with Crippen molar-refractivity contribution in [2.75, 3.05) is 13.7 Å². The number of benzene rings is 1. The maximum absolute atomic E-state index is 12.9. The minimum absolute atomic E-state index is 0.0548. The Morgan fingerprint density at radius 1 is 1.20 bits per heavy atom. The van der Waals surface area contributed by atoms with E-state index in [0.717, 1.165) is 7.05 Å². The van der Waals surface area contributed by atoms with Crippen molar-refractivity contribution in [1.29, 1.82) is 0 Å². The van der Waals surface area contributed by atoms with Crippen molar-refractivity contribution in [1.82, 2.24) is 9.13 Å². The minimum Gasteiger partial charge on any atom is -0.493 e. The van der Waals surface area contributed by atoms with Gasteiger partial charge in [-0.15, -0.1) is 0 Å². The number of halogens is 3. The van der Waals surface area contributed by atoms with Gasteiger partial charge >= 0.3 is 11.9 Å². The standard InChI is InChI=1S/C16H15F3N2O4/c1-4-7-25-12-8-10(5-6-11(12)24-3)21-14(22)9-13(16(17,18)19)20(2)15(21)23/h4-6,8-9H,1,7H2,2-3H3. The molecule has 0 amide bonds. The van der Waals surface area contributed by atoms with Gasteiger partial charge in [-0.1, -0.05) is 12.7 Å². The fraction of sp³-hybridized carbons (Fsp3) is 0.250. The molecule has 2 aromatic rings. The quantitative estimate of drug-likeness (QED) is 0.770. The lowest BCUT2D eigenvalue weighted by molar-refractivity contribution is -0.144. The summed E-state index contributed by atoms with van der Waals surface area (Å²) in [6.07, 6.45) is -3.33. The maximum Gasteiger partial charge on any atom is 0.431 e. The van der Waals surface area contributed by atoms with Crippen LogP contribution >= 0.6 is 0 Å². The SMILES string of the molecule is C=CCOc1cc(-n2c(=O)cc(C(F)(F)F)n(C)c2=O)ccc1OC. The molecule has 0 N–H and O–H groups in total. The zero-order valence-electron chi connectivity index (χ0n) is 13.5. The summed E-state index contributed by atoms with van der Waals surface area (Å²) < 4.78 is 50.1. The first-order valence-electron chi connectivity index (χ1n) is 7.03. The van der Waals surface area contributed by atoms with Gasteiger partial charge in [0.25, 0.3) is 5.56 Å². The smallest absolute Gasteiger partial charge is 0.431 e. The Kier molecular flexibility index (Phi) is 5.05. The Morgan fingerprint density at radius 2 is 1.88 bits per heavy atom. The molecule has 1 heterocycles. The van der Waals surface area contributed by atoms with E-state index in [4.69, 9.17) is 9.47 Å². The monoisotopic (exact) mass is 356 g/mol. The molecule has 6 nitrogen and oxygen atoms in total. The second kappa shape index (κ2) is 6.88. The van der Waals surface area contributed by atoms with E-state index in [9.17, 15) is 22.8 Å². The third-order valence-corrected chi connectivity index (χ3v) is 3.37. The summed E-state index contributed by atoms with van der Waals surface area (Å²) >= 11 is 0. The Labute approximate surface area is 140 Å². The van der Waals surface area contributed by atoms with E-state index in [1.165, 1.54) is 31.4 Å². The highest BCUT2D eigenvalue weighted by Crippen LogP contribution is 2.30. The third-order valence-electron chi connectivity index (χ3n) is 3.37. The van der Waals surface area contributed by atoms with Gasteiger partial charge in [0.05, 0.1) is 12.8 Å². The van der Waals surface area contributed by atoms with Crippen LogP contribution in [0.1, 0.15) is 5.69 Å². The van der Waals surface area contributed by atoms with Crippen LogP contribution in [0.5, 0.6) is 11.5 Å². The lowest BCUT2D eigenvalue weighted by Gasteiger charge is -2.15. The molecule has 0 fully saturated rings. The zero-order valence-corrected chi connectivity index (χ0v) is 13.5. The van der Waals surface area contributed by atoms with Crippen LogP contribution in [-0.4, -0.2) is 22.9 Å². The number of hydrogen-bond acceptors (Lipinski definition) is 4. The molecule has 0 unspecified atom stereocenters. The molecule has 0 bridgehead atoms. The summed E-state index contributed by atoms with van der Waals surface area (Å²) in [4.78, 5) is 24.4. The van der Waals surface area contributed by atoms with Gasteiger partial charge < -0.3 is 9.47 Å². The molecule has 0 spiro atoms. The molecule has 0 aliphatic carbocycles. The largest absolute Gasteiger partial charge is 0.493 e. The molecule has 0 saturated carbocycles. The Balaban J connectivity index is 2.67. The number of nitrogens with zero attached hydrogens (tertiary/aromatic N) is 2. The van der Waals surface area contributed by atoms with Crippen molar-refractivity contribution in [3.8, 4) is 17.2 Å². The number of aromatic nitrogens is 2. The highest BCUT2D eigenvalue weighted by atomic mass is 19.4. The van der Waals surface area contributed by atoms with Gasteiger partial charge in [0.2, 0.25) is 0 Å². The molecule has 0 saturated heterocycles. The molecule has 1 aromatic heterocycles. The van der Waals surface area contributed by atoms with Gasteiger partial charge in [0.15, 0.2) is 11.5 Å². The fourth-order valence-corrected chi connectivity index (χ4v) is 2.20. The molecule has 0 aliphatic rings. The Hall–Kier alpha value is -2.97. The second-order valence-corrected chi connectivity index (χ2v) is 4.98. The van der Waals surface area contributed by atoms with Crippen LogP contribution in [0.3, 0.4) is 0 Å². The molecule has 25 heavy (non-hydrogen) atoms. The molecule has 134 valence electrons. The lowest BCUT2D eigenvalue weighted by atomic mass is 10.2. The number of hydrogen-bond donors (Lipinski definition) is 0. The number of ether oxygens (including phenoxy) is 2. The summed E-state index contributed by atoms with van der Waals surface area (Å²) in [6.45, 7) is 3.64. The summed E-state index contributed by atoms with van der Waals surface area (Å²) in [7, 11) is 2.35. The van der Waals surface area contributed by atoms with Crippen LogP contribution in [0.4, 0.5) is 13.2 Å². The second-order valence-electron chi connectivity index (χ2n) is 4.98. The zero-order chi connectivity index (χ0) is 18.8. The highest BCUT2D eigenvalue weighted by molar-refractivity contribution is 5.49. The number of rotatable bonds is 5. The van der Waals surface area contributed by atoms with Crippen LogP contribution in [0.2, 0.25) is 0 Å². The van der Waals surface area contributed by atoms with Crippen LogP contribution in [0, 0.1) is 0 Å². The Morgan fingerprint density at radius 3 is 2.44 bits per heavy atom. The van der Waals surface area contributed by atoms with Crippen LogP contribution in [0.15, 0.2) is 46.5 Å². The van der Waals surface area contributed by atoms with E-state index in [2.05, 4.69) is 6.58 Å². The summed E-state index contributed by atoms with van der Waals surface area (Å²) in [5.74, 6) is 0.552. The normalized spacial score (nSPS) is 11.2. The maximum atomic E-state index is 12.9. The van der Waals surface area contributed by atoms with E-state index in [1.54, 1.807) is 0 Å². The number of alkyl halides is 3. The summed E-state index contributed by atoms with van der Waals surface area (Å²) in [5, 5.41) is 0. The van der Waals surface area contributed by atoms with Crippen molar-refractivity contribution < 1.29 is 22.6 Å². The van der Waals surface area contributed by atoms with Crippen LogP contribution in [-0.2, 0) is 13.2 Å². The molecule has 2 rings (SSSR count). The average molecular weight is 356 g/mol. The first-order chi connectivity index (χ1) is 11.7. The van der Waals surface area contributed by atoms with Crippen molar-refractivity contribution in [2.24, 2.45) is 7.05 Å². The van der Waals surface area contributed by atoms with Crippen LogP contribution < -0.4 is 20.7 Å². The molecule has 9 heteroatoms. The van der Waals surface area contributed by atoms with E-state index >= 15 is 0 Å². The van der Waals surface area contributed by atoms with E-state index < -0.39 is 23.1 Å². The predicted molar refractivity (Wildman–Crippen MR) is 84.5 cm³/mol. The minimum atomic E-state index is -4.82. The topological polar surface area (TPSA) is 62.5 Å². The van der Waals surface area contributed by atoms with Gasteiger partial charge in [0, 0.05) is 19.2 Å². The van der Waals surface area contributed by atoms with Gasteiger partial charge in [-0.3, -0.25) is 9.36 Å². The van der Waals surface area contributed by atoms with Crippen molar-refractivity contribution in [3.05, 3.63) is 63.5 Å². The molecule has 0 radical (unpaired) electrons. The van der Waals surface area contributed by atoms with Crippen molar-refractivity contribution in [3.63, 3.8) is 0 Å². The average Bonchev–Trinajstić information content (AvgIpc) is 2.55. The molecular formula is C16H15F3N2O4. The molecular weight excluding hydrogens is 341 g/mol. The fourth-order valence-electron chi connectivity index (χ4n) is 2.20. The van der Waals surface area contributed by atoms with Gasteiger partial charge in [-0.25, -0.2) is 9.36 Å². The summed E-state index contributed by atoms with van der Waals surface area (Å²) in [5.41, 5.74) is -3.50. The highest BCUT2D eigenvalue weighted by Gasteiger charge is 2.35. The van der Waals surface area contributed by atoms with E-state index in [-0.39, 0.29) is 18.0 Å². The van der Waals surface area contributed by atoms with E-state index in [0.29, 0.717) is 21.0 Å². The van der Waals surface area contributed by atoms with Crippen molar-refractivity contribution >= 4 is 0 Å². The lowest BCUT2D eigenvalue weighted by Crippen LogP contribution is -2.40. The van der Waals surface area contributed by atoms with Gasteiger partial charge in [-0.05, 0) is 12.1 Å². The van der Waals surface area contributed by atoms with E-state index in [1.807, 2.05) is 0 Å². The number of methoxy groups -OCH3 is 1. The molecule has 0 atom stereocenters. The molecule has 1 aromatic carbocycles. The predicted octanol–water partition coefficient (Wildman–Crippen LogP) is 2.13. The Bertz CT molecular complexity index is 913. The molecule has 0 aliphatic heterocycles. The first-order valence-corrected chi connectivity index (χ1v) is 7.03. The van der Waals surface area contributed by atoms with Crippen molar-refractivity contribution in [2.45, 2.75) is 6.18 Å².